The largest absolute Gasteiger partial charge is 0.354 e. The normalized spacial score (nSPS) is 11.0. The zero-order chi connectivity index (χ0) is 26.6. The highest BCUT2D eigenvalue weighted by molar-refractivity contribution is 7.90. The van der Waals surface area contributed by atoms with Crippen LogP contribution >= 0.6 is 11.6 Å². The second-order valence-corrected chi connectivity index (χ2v) is 10.5. The van der Waals surface area contributed by atoms with Gasteiger partial charge in [-0.05, 0) is 61.9 Å². The lowest BCUT2D eigenvalue weighted by Gasteiger charge is -2.15. The summed E-state index contributed by atoms with van der Waals surface area (Å²) in [5.41, 5.74) is 4.12. The Morgan fingerprint density at radius 1 is 0.757 bits per heavy atom. The minimum absolute atomic E-state index is 0.0189. The van der Waals surface area contributed by atoms with Crippen LogP contribution in [0, 0.1) is 13.8 Å². The van der Waals surface area contributed by atoms with E-state index in [9.17, 15) is 18.0 Å². The van der Waals surface area contributed by atoms with Crippen LogP contribution < -0.4 is 15.4 Å². The van der Waals surface area contributed by atoms with Crippen LogP contribution in [0.4, 0.5) is 21.9 Å². The molecule has 0 unspecified atom stereocenters. The molecule has 0 spiro atoms. The Labute approximate surface area is 220 Å². The SMILES string of the molecule is Cc1ccc(S(=O)(=O)NC(=O)Nc2ccccc2Nc2ccc(C(=O)c3ccccc3C)c(Cl)c2)cc1. The Morgan fingerprint density at radius 3 is 2.08 bits per heavy atom. The van der Waals surface area contributed by atoms with Crippen molar-refractivity contribution in [2.75, 3.05) is 10.6 Å². The highest BCUT2D eigenvalue weighted by Gasteiger charge is 2.19. The average molecular weight is 534 g/mol. The molecule has 0 atom stereocenters. The average Bonchev–Trinajstić information content (AvgIpc) is 2.85. The van der Waals surface area contributed by atoms with Gasteiger partial charge in [-0.15, -0.1) is 0 Å². The molecular weight excluding hydrogens is 510 g/mol. The summed E-state index contributed by atoms with van der Waals surface area (Å²) >= 11 is 6.45. The van der Waals surface area contributed by atoms with Crippen molar-refractivity contribution in [1.29, 1.82) is 0 Å². The Balaban J connectivity index is 1.50. The predicted molar refractivity (Wildman–Crippen MR) is 146 cm³/mol. The first-order valence-corrected chi connectivity index (χ1v) is 13.2. The highest BCUT2D eigenvalue weighted by Crippen LogP contribution is 2.29. The maximum absolute atomic E-state index is 13.0. The summed E-state index contributed by atoms with van der Waals surface area (Å²) < 4.78 is 27.1. The standard InChI is InChI=1S/C28H24ClN3O4S/c1-18-11-14-21(15-12-18)37(35,36)32-28(34)31-26-10-6-5-9-25(26)30-20-13-16-23(24(29)17-20)27(33)22-8-4-3-7-19(22)2/h3-17,30H,1-2H3,(H2,31,32,34). The highest BCUT2D eigenvalue weighted by atomic mass is 35.5. The zero-order valence-electron chi connectivity index (χ0n) is 20.1. The molecule has 0 bridgehead atoms. The fourth-order valence-corrected chi connectivity index (χ4v) is 4.83. The monoisotopic (exact) mass is 533 g/mol. The van der Waals surface area contributed by atoms with Crippen LogP contribution in [0.3, 0.4) is 0 Å². The number of anilines is 3. The van der Waals surface area contributed by atoms with Gasteiger partial charge in [-0.25, -0.2) is 17.9 Å². The van der Waals surface area contributed by atoms with E-state index in [1.165, 1.54) is 12.1 Å². The summed E-state index contributed by atoms with van der Waals surface area (Å²) in [7, 11) is -4.04. The van der Waals surface area contributed by atoms with E-state index in [0.717, 1.165) is 11.1 Å². The third-order valence-electron chi connectivity index (χ3n) is 5.62. The number of halogens is 1. The van der Waals surface area contributed by atoms with Crippen LogP contribution in [0.2, 0.25) is 5.02 Å². The third kappa shape index (κ3) is 6.17. The number of amides is 2. The zero-order valence-corrected chi connectivity index (χ0v) is 21.7. The Bertz CT molecular complexity index is 1590. The van der Waals surface area contributed by atoms with Crippen molar-refractivity contribution < 1.29 is 18.0 Å². The van der Waals surface area contributed by atoms with Crippen molar-refractivity contribution in [3.8, 4) is 0 Å². The van der Waals surface area contributed by atoms with Crippen LogP contribution in [-0.2, 0) is 10.0 Å². The molecule has 0 radical (unpaired) electrons. The molecular formula is C28H24ClN3O4S. The van der Waals surface area contributed by atoms with E-state index in [4.69, 9.17) is 11.6 Å². The summed E-state index contributed by atoms with van der Waals surface area (Å²) in [4.78, 5) is 25.5. The molecule has 188 valence electrons. The summed E-state index contributed by atoms with van der Waals surface area (Å²) in [5.74, 6) is -0.178. The van der Waals surface area contributed by atoms with Gasteiger partial charge in [0.15, 0.2) is 5.78 Å². The Kier molecular flexibility index (Phi) is 7.61. The minimum atomic E-state index is -4.04. The van der Waals surface area contributed by atoms with E-state index in [1.807, 2.05) is 30.7 Å². The van der Waals surface area contributed by atoms with Crippen molar-refractivity contribution >= 4 is 50.5 Å². The molecule has 4 aromatic rings. The second-order valence-electron chi connectivity index (χ2n) is 8.38. The van der Waals surface area contributed by atoms with E-state index in [0.29, 0.717) is 28.2 Å². The van der Waals surface area contributed by atoms with Gasteiger partial charge in [0.25, 0.3) is 10.0 Å². The first-order valence-electron chi connectivity index (χ1n) is 11.3. The number of rotatable bonds is 7. The van der Waals surface area contributed by atoms with Crippen molar-refractivity contribution in [3.63, 3.8) is 0 Å². The van der Waals surface area contributed by atoms with E-state index in [1.54, 1.807) is 66.7 Å². The molecule has 37 heavy (non-hydrogen) atoms. The van der Waals surface area contributed by atoms with Crippen molar-refractivity contribution in [2.45, 2.75) is 18.7 Å². The molecule has 4 aromatic carbocycles. The molecule has 0 aliphatic rings. The Hall–Kier alpha value is -4.14. The smallest absolute Gasteiger partial charge is 0.333 e. The lowest BCUT2D eigenvalue weighted by atomic mass is 9.99. The number of hydrogen-bond donors (Lipinski definition) is 3. The van der Waals surface area contributed by atoms with E-state index >= 15 is 0 Å². The molecule has 9 heteroatoms. The number of carbonyl (C=O) groups is 2. The van der Waals surface area contributed by atoms with Crippen LogP contribution in [0.15, 0.2) is 95.9 Å². The van der Waals surface area contributed by atoms with Gasteiger partial charge in [-0.1, -0.05) is 65.7 Å². The van der Waals surface area contributed by atoms with Gasteiger partial charge in [-0.2, -0.15) is 0 Å². The van der Waals surface area contributed by atoms with Gasteiger partial charge in [-0.3, -0.25) is 4.79 Å². The number of carbonyl (C=O) groups excluding carboxylic acids is 2. The van der Waals surface area contributed by atoms with Gasteiger partial charge in [0, 0.05) is 16.8 Å². The van der Waals surface area contributed by atoms with Gasteiger partial charge in [0.2, 0.25) is 0 Å². The molecule has 4 rings (SSSR count). The van der Waals surface area contributed by atoms with Crippen LogP contribution in [0.25, 0.3) is 0 Å². The quantitative estimate of drug-likeness (QED) is 0.237. The molecule has 2 amide bonds. The van der Waals surface area contributed by atoms with Crippen molar-refractivity contribution in [2.24, 2.45) is 0 Å². The number of sulfonamides is 1. The summed E-state index contributed by atoms with van der Waals surface area (Å²) in [6.45, 7) is 3.70. The predicted octanol–water partition coefficient (Wildman–Crippen LogP) is 6.44. The van der Waals surface area contributed by atoms with Gasteiger partial charge in [0.1, 0.15) is 0 Å². The first kappa shape index (κ1) is 25.9. The fraction of sp³-hybridized carbons (Fsp3) is 0.0714. The number of ketones is 1. The molecule has 3 N–H and O–H groups in total. The lowest BCUT2D eigenvalue weighted by molar-refractivity contribution is 0.103. The molecule has 0 saturated heterocycles. The van der Waals surface area contributed by atoms with Gasteiger partial charge in [0.05, 0.1) is 21.3 Å². The topological polar surface area (TPSA) is 104 Å². The number of urea groups is 1. The molecule has 7 nitrogen and oxygen atoms in total. The maximum Gasteiger partial charge on any atom is 0.333 e. The minimum Gasteiger partial charge on any atom is -0.354 e. The van der Waals surface area contributed by atoms with Gasteiger partial charge >= 0.3 is 6.03 Å². The summed E-state index contributed by atoms with van der Waals surface area (Å²) in [6.07, 6.45) is 0. The van der Waals surface area contributed by atoms with Crippen molar-refractivity contribution in [1.82, 2.24) is 4.72 Å². The van der Waals surface area contributed by atoms with E-state index < -0.39 is 16.1 Å². The fourth-order valence-electron chi connectivity index (χ4n) is 3.65. The number of para-hydroxylation sites is 2. The maximum atomic E-state index is 13.0. The van der Waals surface area contributed by atoms with Crippen LogP contribution in [0.1, 0.15) is 27.0 Å². The van der Waals surface area contributed by atoms with Crippen LogP contribution in [-0.4, -0.2) is 20.2 Å². The Morgan fingerprint density at radius 2 is 1.41 bits per heavy atom. The molecule has 0 saturated carbocycles. The molecule has 0 aliphatic heterocycles. The van der Waals surface area contributed by atoms with Crippen LogP contribution in [0.5, 0.6) is 0 Å². The van der Waals surface area contributed by atoms with Gasteiger partial charge < -0.3 is 10.6 Å². The first-order chi connectivity index (χ1) is 17.6. The number of benzene rings is 4. The number of aryl methyl sites for hydroxylation is 2. The molecule has 0 heterocycles. The molecule has 0 aliphatic carbocycles. The second kappa shape index (κ2) is 10.9. The number of hydrogen-bond acceptors (Lipinski definition) is 5. The molecule has 0 aromatic heterocycles. The third-order valence-corrected chi connectivity index (χ3v) is 7.28. The lowest BCUT2D eigenvalue weighted by Crippen LogP contribution is -2.34. The molecule has 0 fully saturated rings. The van der Waals surface area contributed by atoms with E-state index in [-0.39, 0.29) is 15.7 Å². The van der Waals surface area contributed by atoms with E-state index in [2.05, 4.69) is 10.6 Å². The summed E-state index contributed by atoms with van der Waals surface area (Å²) in [5, 5.41) is 5.98. The number of nitrogens with one attached hydrogen (secondary N) is 3. The van der Waals surface area contributed by atoms with Crippen molar-refractivity contribution in [3.05, 3.63) is 118 Å². The summed E-state index contributed by atoms with van der Waals surface area (Å²) in [6, 6.07) is 24.3.